The van der Waals surface area contributed by atoms with E-state index in [-0.39, 0.29) is 29.1 Å². The van der Waals surface area contributed by atoms with Crippen LogP contribution in [0.25, 0.3) is 55.0 Å². The molecule has 27 nitrogen and oxygen atoms in total. The van der Waals surface area contributed by atoms with E-state index in [1.165, 1.54) is 52.3 Å². The third kappa shape index (κ3) is 21.2. The van der Waals surface area contributed by atoms with Crippen molar-refractivity contribution in [3.8, 4) is 22.3 Å². The van der Waals surface area contributed by atoms with Crippen molar-refractivity contribution < 1.29 is 33.9 Å². The molecular formula is C112H108N20O7. The van der Waals surface area contributed by atoms with Crippen LogP contribution in [0.2, 0.25) is 0 Å². The van der Waals surface area contributed by atoms with Crippen LogP contribution in [0.1, 0.15) is 145 Å². The summed E-state index contributed by atoms with van der Waals surface area (Å²) in [5.41, 5.74) is 17.0. The number of carbonyl (C=O) groups is 6. The van der Waals surface area contributed by atoms with Crippen molar-refractivity contribution in [3.63, 3.8) is 0 Å². The summed E-state index contributed by atoms with van der Waals surface area (Å²) in [6, 6.07) is 76.9. The summed E-state index contributed by atoms with van der Waals surface area (Å²) in [6.07, 6.45) is 25.9. The average Bonchev–Trinajstić information content (AvgIpc) is 1.50. The fourth-order valence-corrected chi connectivity index (χ4v) is 18.6. The van der Waals surface area contributed by atoms with Gasteiger partial charge in [0.05, 0.1) is 55.7 Å². The third-order valence-corrected chi connectivity index (χ3v) is 25.7. The number of benzene rings is 9. The topological polar surface area (TPSA) is 365 Å². The van der Waals surface area contributed by atoms with Crippen molar-refractivity contribution in [2.75, 3.05) is 34.4 Å². The molecule has 0 spiro atoms. The lowest BCUT2D eigenvalue weighted by atomic mass is 9.78. The molecule has 698 valence electrons. The molecular weight excluding hydrogens is 1740 g/mol. The highest BCUT2D eigenvalue weighted by Crippen LogP contribution is 2.41. The summed E-state index contributed by atoms with van der Waals surface area (Å²) < 4.78 is 0. The number of para-hydroxylation sites is 3. The van der Waals surface area contributed by atoms with Gasteiger partial charge in [-0.25, -0.2) is 15.0 Å². The van der Waals surface area contributed by atoms with Crippen LogP contribution in [0.15, 0.2) is 348 Å². The van der Waals surface area contributed by atoms with E-state index in [0.29, 0.717) is 85.6 Å². The molecule has 0 saturated carbocycles. The predicted molar refractivity (Wildman–Crippen MR) is 541 cm³/mol. The van der Waals surface area contributed by atoms with Crippen molar-refractivity contribution in [2.45, 2.75) is 120 Å². The van der Waals surface area contributed by atoms with Crippen LogP contribution in [0.5, 0.6) is 0 Å². The van der Waals surface area contributed by atoms with Crippen LogP contribution in [0.4, 0.5) is 17.1 Å². The first-order valence-corrected chi connectivity index (χ1v) is 46.6. The molecule has 0 saturated heterocycles. The number of H-pyrrole nitrogens is 6. The summed E-state index contributed by atoms with van der Waals surface area (Å²) in [4.78, 5) is 142. The SMILES string of the molecule is CC(C)(C)c1ccc(N(C(=O)c2cnc[nH]2)C(C(=O)N[C@H](CNCc2ccccc2)Cc2c[nH]c3c(CC(C)(C)c4ccc(N(C(=O)c5cnc[nH]5)C(C(=O)N[C@@H](CNCc5ccccc5)Cc5c[nH]c6c(-c7cccc(-c8ccc(N(C(=O)c9cnc[nH]9)C(C(=O)N[C@@H](CO)Cc9c[nH]c%10ccccc9%10)c9cccnc9)cc8)c7)cccc56)c5cccnc5)cc4)cccc23)c2cccnc2)cc1. The highest BCUT2D eigenvalue weighted by molar-refractivity contribution is 6.12. The molecule has 9 aromatic heterocycles. The monoisotopic (exact) mass is 1840 g/mol. The number of hydrogen-bond acceptors (Lipinski definition) is 15. The van der Waals surface area contributed by atoms with E-state index in [0.717, 1.165) is 99.5 Å². The van der Waals surface area contributed by atoms with E-state index in [1.807, 2.05) is 182 Å². The number of carbonyl (C=O) groups excluding carboxylic acids is 6. The van der Waals surface area contributed by atoms with Gasteiger partial charge in [0.2, 0.25) is 17.7 Å². The van der Waals surface area contributed by atoms with Crippen molar-refractivity contribution in [1.82, 2.24) is 86.4 Å². The molecule has 0 radical (unpaired) electrons. The van der Waals surface area contributed by atoms with Crippen molar-refractivity contribution in [1.29, 1.82) is 0 Å². The van der Waals surface area contributed by atoms with Gasteiger partial charge < -0.3 is 61.6 Å². The first kappa shape index (κ1) is 92.8. The number of rotatable bonds is 38. The lowest BCUT2D eigenvalue weighted by molar-refractivity contribution is -0.124. The smallest absolute Gasteiger partial charge is 0.277 e. The van der Waals surface area contributed by atoms with Crippen LogP contribution in [0, 0.1) is 0 Å². The largest absolute Gasteiger partial charge is 0.394 e. The Balaban J connectivity index is 0.606. The minimum Gasteiger partial charge on any atom is -0.394 e. The molecule has 6 atom stereocenters. The number of anilines is 3. The molecule has 9 aromatic carbocycles. The van der Waals surface area contributed by atoms with Crippen molar-refractivity contribution >= 4 is 85.2 Å². The second kappa shape index (κ2) is 42.1. The van der Waals surface area contributed by atoms with Crippen LogP contribution >= 0.6 is 0 Å². The Bertz CT molecular complexity index is 7220. The first-order chi connectivity index (χ1) is 67.7. The van der Waals surface area contributed by atoms with Crippen molar-refractivity contribution in [2.24, 2.45) is 0 Å². The van der Waals surface area contributed by atoms with Gasteiger partial charge in [-0.1, -0.05) is 223 Å². The number of aliphatic hydroxyl groups is 1. The third-order valence-electron chi connectivity index (χ3n) is 25.7. The van der Waals surface area contributed by atoms with Crippen LogP contribution in [-0.4, -0.2) is 138 Å². The Hall–Kier alpha value is -16.6. The van der Waals surface area contributed by atoms with Crippen LogP contribution < -0.4 is 41.3 Å². The zero-order valence-electron chi connectivity index (χ0n) is 77.7. The number of aromatic nitrogens is 12. The molecule has 12 N–H and O–H groups in total. The highest BCUT2D eigenvalue weighted by atomic mass is 16.3. The van der Waals surface area contributed by atoms with Gasteiger partial charge in [0, 0.05) is 161 Å². The molecule has 18 aromatic rings. The number of imidazole rings is 3. The number of aromatic amines is 6. The van der Waals surface area contributed by atoms with Gasteiger partial charge in [0.25, 0.3) is 17.7 Å². The van der Waals surface area contributed by atoms with Gasteiger partial charge in [-0.15, -0.1) is 0 Å². The molecule has 0 aliphatic heterocycles. The Kier molecular flexibility index (Phi) is 28.1. The molecule has 18 rings (SSSR count). The molecule has 139 heavy (non-hydrogen) atoms. The molecule has 9 heterocycles. The lowest BCUT2D eigenvalue weighted by Gasteiger charge is -2.33. The van der Waals surface area contributed by atoms with Crippen LogP contribution in [0.3, 0.4) is 0 Å². The summed E-state index contributed by atoms with van der Waals surface area (Å²) in [5.74, 6) is -2.84. The minimum absolute atomic E-state index is 0.156. The van der Waals surface area contributed by atoms with E-state index in [9.17, 15) is 14.7 Å². The summed E-state index contributed by atoms with van der Waals surface area (Å²) >= 11 is 0. The molecule has 0 aliphatic carbocycles. The van der Waals surface area contributed by atoms with Gasteiger partial charge in [0.1, 0.15) is 35.2 Å². The highest BCUT2D eigenvalue weighted by Gasteiger charge is 2.40. The van der Waals surface area contributed by atoms with Gasteiger partial charge in [-0.05, 0) is 164 Å². The minimum atomic E-state index is -1.26. The average molecular weight is 1850 g/mol. The second-order valence-electron chi connectivity index (χ2n) is 36.7. The van der Waals surface area contributed by atoms with Gasteiger partial charge in [-0.3, -0.25) is 58.4 Å². The zero-order valence-corrected chi connectivity index (χ0v) is 77.7. The van der Waals surface area contributed by atoms with E-state index in [1.54, 1.807) is 61.4 Å². The second-order valence-corrected chi connectivity index (χ2v) is 36.7. The van der Waals surface area contributed by atoms with E-state index >= 15 is 19.2 Å². The molecule has 27 heteroatoms. The number of fused-ring (bicyclic) bond motifs is 3. The number of nitrogens with one attached hydrogen (secondary N) is 11. The fraction of sp³-hybridized carbons (Fsp3) is 0.196. The summed E-state index contributed by atoms with van der Waals surface area (Å²) in [6.45, 7) is 12.2. The van der Waals surface area contributed by atoms with Gasteiger partial charge in [0.15, 0.2) is 0 Å². The summed E-state index contributed by atoms with van der Waals surface area (Å²) in [5, 5.41) is 31.0. The normalized spacial score (nSPS) is 13.0. The number of nitrogens with zero attached hydrogens (tertiary/aromatic N) is 9. The molecule has 6 amide bonds. The number of amides is 6. The van der Waals surface area contributed by atoms with E-state index in [2.05, 4.69) is 188 Å². The van der Waals surface area contributed by atoms with Gasteiger partial charge >= 0.3 is 0 Å². The Morgan fingerprint density at radius 1 is 0.360 bits per heavy atom. The number of pyridine rings is 3. The summed E-state index contributed by atoms with van der Waals surface area (Å²) in [7, 11) is 0. The van der Waals surface area contributed by atoms with E-state index in [4.69, 9.17) is 0 Å². The van der Waals surface area contributed by atoms with Crippen LogP contribution in [-0.2, 0) is 64.0 Å². The first-order valence-electron chi connectivity index (χ1n) is 46.6. The molecule has 3 unspecified atom stereocenters. The fourth-order valence-electron chi connectivity index (χ4n) is 18.6. The predicted octanol–water partition coefficient (Wildman–Crippen LogP) is 17.6. The number of aliphatic hydroxyl groups excluding tert-OH is 1. The maximum absolute atomic E-state index is 16.1. The van der Waals surface area contributed by atoms with E-state index < -0.39 is 77.1 Å². The maximum Gasteiger partial charge on any atom is 0.277 e. The lowest BCUT2D eigenvalue weighted by Crippen LogP contribution is -2.50. The Morgan fingerprint density at radius 3 is 1.24 bits per heavy atom. The van der Waals surface area contributed by atoms with Gasteiger partial charge in [-0.2, -0.15) is 0 Å². The Labute approximate surface area is 804 Å². The Morgan fingerprint density at radius 2 is 0.770 bits per heavy atom. The quantitative estimate of drug-likeness (QED) is 0.0171. The molecule has 0 aliphatic rings. The van der Waals surface area contributed by atoms with Crippen molar-refractivity contribution in [3.05, 3.63) is 426 Å². The molecule has 0 fully saturated rings. The standard InChI is InChI=1S/C112H108N20O7/c1-111(2,3)84-37-43-90(44-38-84)131(109(138)98-66-119-70-125-98)102(78-27-17-47-113-57-78)105(134)127-86(63-116-55-72-20-8-6-9-21-72)51-82-61-122-100-77(26-15-31-94(82)100)54-112(4,5)85-39-45-91(46-40-85)132(110(139)99-67-120-71-126-99)103(79-28-18-48-114-58-79)106(135)128-87(64-117-56-73-22-10-7-11-23-73)52-83-62-123-101-93(32-16-33-95(83)101)76-25-14-24-75(50-76)74-35-41-89(42-36-74)130(108(137)97-65-118-69-124-97)104(80-29-19-49-115-59-80)107(136)129-88(68-133)53-81-60-121-96-34-13-12-30-92(81)96/h6-50,57-62,65-67,69-71,86-88,102-104,116-117,121-123,133H,51-56,63-64,68H2,1-5H3,(H,118,124)(H,119,125)(H,120,126)(H,127,134)(H,128,135)(H,129,136)/t86-,87+,88+,102?,103?,104?/m0/s1. The zero-order chi connectivity index (χ0) is 95.9. The molecule has 0 bridgehead atoms. The number of hydrogen-bond donors (Lipinski definition) is 12. The maximum atomic E-state index is 16.1.